The molecule has 4 nitrogen and oxygen atoms in total. The van der Waals surface area contributed by atoms with E-state index in [1.54, 1.807) is 6.33 Å². The third-order valence-corrected chi connectivity index (χ3v) is 2.20. The second-order valence-corrected chi connectivity index (χ2v) is 3.08. The summed E-state index contributed by atoms with van der Waals surface area (Å²) in [4.78, 5) is 10.6. The molecule has 1 aromatic heterocycles. The van der Waals surface area contributed by atoms with E-state index in [1.165, 1.54) is 0 Å². The predicted molar refractivity (Wildman–Crippen MR) is 58.4 cm³/mol. The van der Waals surface area contributed by atoms with Crippen molar-refractivity contribution in [3.8, 4) is 0 Å². The Labute approximate surface area is 85.2 Å². The van der Waals surface area contributed by atoms with Gasteiger partial charge in [0.1, 0.15) is 12.1 Å². The molecule has 1 heterocycles. The van der Waals surface area contributed by atoms with Gasteiger partial charge in [-0.3, -0.25) is 0 Å². The fourth-order valence-corrected chi connectivity index (χ4v) is 1.39. The molecule has 0 aromatic carbocycles. The van der Waals surface area contributed by atoms with Crippen LogP contribution in [0.5, 0.6) is 0 Å². The minimum Gasteiger partial charge on any atom is -0.357 e. The maximum atomic E-state index is 5.48. The first-order valence-corrected chi connectivity index (χ1v) is 5.07. The minimum absolute atomic E-state index is 0.634. The minimum atomic E-state index is 0.634. The average Bonchev–Trinajstić information content (AvgIpc) is 2.21. The summed E-state index contributed by atoms with van der Waals surface area (Å²) >= 11 is 0. The molecular formula is C10H18N4. The van der Waals surface area contributed by atoms with Crippen LogP contribution < -0.4 is 10.6 Å². The van der Waals surface area contributed by atoms with Crippen molar-refractivity contribution >= 4 is 5.82 Å². The van der Waals surface area contributed by atoms with Crippen LogP contribution >= 0.6 is 0 Å². The van der Waals surface area contributed by atoms with E-state index in [0.717, 1.165) is 31.0 Å². The van der Waals surface area contributed by atoms with Gasteiger partial charge in [-0.25, -0.2) is 9.97 Å². The Bertz CT molecular complexity index is 271. The molecule has 0 saturated carbocycles. The van der Waals surface area contributed by atoms with Gasteiger partial charge in [-0.05, 0) is 20.4 Å². The SMILES string of the molecule is CCN(CC)c1cc(CCN)ncn1. The van der Waals surface area contributed by atoms with E-state index < -0.39 is 0 Å². The summed E-state index contributed by atoms with van der Waals surface area (Å²) in [5, 5.41) is 0. The molecule has 0 unspecified atom stereocenters. The molecule has 4 heteroatoms. The monoisotopic (exact) mass is 194 g/mol. The van der Waals surface area contributed by atoms with Crippen molar-refractivity contribution in [3.63, 3.8) is 0 Å². The van der Waals surface area contributed by atoms with Crippen molar-refractivity contribution < 1.29 is 0 Å². The Morgan fingerprint density at radius 1 is 1.29 bits per heavy atom. The lowest BCUT2D eigenvalue weighted by molar-refractivity contribution is 0.828. The summed E-state index contributed by atoms with van der Waals surface area (Å²) in [5.41, 5.74) is 6.50. The van der Waals surface area contributed by atoms with Crippen LogP contribution in [0.1, 0.15) is 19.5 Å². The fourth-order valence-electron chi connectivity index (χ4n) is 1.39. The van der Waals surface area contributed by atoms with E-state index in [1.807, 2.05) is 6.07 Å². The molecule has 1 rings (SSSR count). The third kappa shape index (κ3) is 2.67. The lowest BCUT2D eigenvalue weighted by Crippen LogP contribution is -2.23. The van der Waals surface area contributed by atoms with Crippen molar-refractivity contribution in [1.82, 2.24) is 9.97 Å². The van der Waals surface area contributed by atoms with Crippen LogP contribution in [-0.4, -0.2) is 29.6 Å². The standard InChI is InChI=1S/C10H18N4/c1-3-14(4-2)10-7-9(5-6-11)12-8-13-10/h7-8H,3-6,11H2,1-2H3. The van der Waals surface area contributed by atoms with Crippen LogP contribution in [-0.2, 0) is 6.42 Å². The number of anilines is 1. The van der Waals surface area contributed by atoms with E-state index in [0.29, 0.717) is 6.54 Å². The van der Waals surface area contributed by atoms with Crippen LogP contribution in [0.3, 0.4) is 0 Å². The predicted octanol–water partition coefficient (Wildman–Crippen LogP) is 0.824. The molecule has 78 valence electrons. The highest BCUT2D eigenvalue weighted by molar-refractivity contribution is 5.38. The first-order chi connectivity index (χ1) is 6.81. The van der Waals surface area contributed by atoms with E-state index in [4.69, 9.17) is 5.73 Å². The molecule has 1 aromatic rings. The van der Waals surface area contributed by atoms with Gasteiger partial charge in [-0.1, -0.05) is 0 Å². The van der Waals surface area contributed by atoms with Crippen LogP contribution in [0.4, 0.5) is 5.82 Å². The van der Waals surface area contributed by atoms with Gasteiger partial charge in [0.25, 0.3) is 0 Å². The highest BCUT2D eigenvalue weighted by Crippen LogP contribution is 2.10. The Morgan fingerprint density at radius 3 is 2.57 bits per heavy atom. The normalized spacial score (nSPS) is 10.2. The van der Waals surface area contributed by atoms with Crippen LogP contribution in [0.15, 0.2) is 12.4 Å². The maximum absolute atomic E-state index is 5.48. The summed E-state index contributed by atoms with van der Waals surface area (Å²) < 4.78 is 0. The molecule has 0 bridgehead atoms. The van der Waals surface area contributed by atoms with Gasteiger partial charge in [-0.2, -0.15) is 0 Å². The number of nitrogens with two attached hydrogens (primary N) is 1. The van der Waals surface area contributed by atoms with Crippen molar-refractivity contribution in [2.45, 2.75) is 20.3 Å². The molecule has 0 fully saturated rings. The Morgan fingerprint density at radius 2 is 2.00 bits per heavy atom. The summed E-state index contributed by atoms with van der Waals surface area (Å²) in [6, 6.07) is 2.01. The van der Waals surface area contributed by atoms with Crippen molar-refractivity contribution in [2.24, 2.45) is 5.73 Å². The Balaban J connectivity index is 2.81. The summed E-state index contributed by atoms with van der Waals surface area (Å²) in [6.45, 7) is 6.81. The summed E-state index contributed by atoms with van der Waals surface area (Å²) in [6.07, 6.45) is 2.43. The molecule has 0 atom stereocenters. The van der Waals surface area contributed by atoms with Gasteiger partial charge in [0.2, 0.25) is 0 Å². The first kappa shape index (κ1) is 10.9. The summed E-state index contributed by atoms with van der Waals surface area (Å²) in [7, 11) is 0. The van der Waals surface area contributed by atoms with E-state index in [-0.39, 0.29) is 0 Å². The second kappa shape index (κ2) is 5.54. The number of nitrogens with zero attached hydrogens (tertiary/aromatic N) is 3. The molecule has 2 N–H and O–H groups in total. The van der Waals surface area contributed by atoms with Gasteiger partial charge in [0.15, 0.2) is 0 Å². The zero-order valence-corrected chi connectivity index (χ0v) is 8.90. The molecule has 0 saturated heterocycles. The zero-order chi connectivity index (χ0) is 10.4. The lowest BCUT2D eigenvalue weighted by Gasteiger charge is -2.19. The molecule has 0 aliphatic rings. The van der Waals surface area contributed by atoms with Gasteiger partial charge < -0.3 is 10.6 Å². The lowest BCUT2D eigenvalue weighted by atomic mass is 10.3. The Hall–Kier alpha value is -1.16. The van der Waals surface area contributed by atoms with Crippen LogP contribution in [0.2, 0.25) is 0 Å². The largest absolute Gasteiger partial charge is 0.357 e. The van der Waals surface area contributed by atoms with E-state index >= 15 is 0 Å². The maximum Gasteiger partial charge on any atom is 0.132 e. The number of aromatic nitrogens is 2. The molecule has 0 radical (unpaired) electrons. The van der Waals surface area contributed by atoms with Gasteiger partial charge in [0.05, 0.1) is 0 Å². The van der Waals surface area contributed by atoms with E-state index in [9.17, 15) is 0 Å². The highest BCUT2D eigenvalue weighted by Gasteiger charge is 2.03. The zero-order valence-electron chi connectivity index (χ0n) is 8.90. The molecular weight excluding hydrogens is 176 g/mol. The van der Waals surface area contributed by atoms with Gasteiger partial charge in [-0.15, -0.1) is 0 Å². The van der Waals surface area contributed by atoms with Crippen molar-refractivity contribution in [3.05, 3.63) is 18.1 Å². The average molecular weight is 194 g/mol. The number of hydrogen-bond acceptors (Lipinski definition) is 4. The van der Waals surface area contributed by atoms with E-state index in [2.05, 4.69) is 28.7 Å². The number of hydrogen-bond donors (Lipinski definition) is 1. The smallest absolute Gasteiger partial charge is 0.132 e. The quantitative estimate of drug-likeness (QED) is 0.754. The molecule has 0 aliphatic carbocycles. The highest BCUT2D eigenvalue weighted by atomic mass is 15.2. The molecule has 14 heavy (non-hydrogen) atoms. The molecule has 0 amide bonds. The van der Waals surface area contributed by atoms with Crippen LogP contribution in [0, 0.1) is 0 Å². The molecule has 0 aliphatic heterocycles. The first-order valence-electron chi connectivity index (χ1n) is 5.07. The fraction of sp³-hybridized carbons (Fsp3) is 0.600. The van der Waals surface area contributed by atoms with Crippen LogP contribution in [0.25, 0.3) is 0 Å². The van der Waals surface area contributed by atoms with Crippen molar-refractivity contribution in [1.29, 1.82) is 0 Å². The molecule has 0 spiro atoms. The van der Waals surface area contributed by atoms with Crippen molar-refractivity contribution in [2.75, 3.05) is 24.5 Å². The van der Waals surface area contributed by atoms with Gasteiger partial charge in [0, 0.05) is 31.3 Å². The number of rotatable bonds is 5. The Kier molecular flexibility index (Phi) is 4.32. The third-order valence-electron chi connectivity index (χ3n) is 2.20. The van der Waals surface area contributed by atoms with Gasteiger partial charge >= 0.3 is 0 Å². The second-order valence-electron chi connectivity index (χ2n) is 3.08. The topological polar surface area (TPSA) is 55.0 Å². The summed E-state index contributed by atoms with van der Waals surface area (Å²) in [5.74, 6) is 0.994.